The molecule has 1 saturated heterocycles. The first-order valence-electron chi connectivity index (χ1n) is 47.4. The van der Waals surface area contributed by atoms with Crippen LogP contribution in [0, 0.1) is 0 Å². The molecule has 19 rings (SSSR count). The summed E-state index contributed by atoms with van der Waals surface area (Å²) in [5.74, 6) is -5.66. The van der Waals surface area contributed by atoms with Crippen molar-refractivity contribution in [1.82, 2.24) is 19.9 Å². The Labute approximate surface area is 837 Å². The first-order chi connectivity index (χ1) is 70.8. The summed E-state index contributed by atoms with van der Waals surface area (Å²) in [6.45, 7) is 0.293. The molecule has 20 N–H and O–H groups in total. The number of rotatable bonds is 34. The van der Waals surface area contributed by atoms with E-state index in [2.05, 4.69) is 51.8 Å². The molecule has 0 saturated carbocycles. The van der Waals surface area contributed by atoms with Crippen LogP contribution in [0.5, 0.6) is 0 Å². The van der Waals surface area contributed by atoms with Gasteiger partial charge in [0.25, 0.3) is 0 Å². The lowest BCUT2D eigenvalue weighted by Crippen LogP contribution is -2.61. The summed E-state index contributed by atoms with van der Waals surface area (Å²) in [6.07, 6.45) is 13.8. The van der Waals surface area contributed by atoms with E-state index >= 15 is 0 Å². The van der Waals surface area contributed by atoms with Crippen LogP contribution < -0.4 is 99.1 Å². The highest BCUT2D eigenvalue weighted by Gasteiger charge is 2.45. The van der Waals surface area contributed by atoms with Crippen LogP contribution in [0.2, 0.25) is 0 Å². The average Bonchev–Trinajstić information content (AvgIpc) is 0.785. The Bertz CT molecular complexity index is 7190. The zero-order valence-electron chi connectivity index (χ0n) is 78.6. The molecule has 716 valence electrons. The third-order valence-electron chi connectivity index (χ3n) is 25.9. The molecule has 0 spiro atoms. The number of carbonyl (C=O) groups is 6. The number of amides is 6. The summed E-state index contributed by atoms with van der Waals surface area (Å²) in [5, 5.41) is 52.8. The number of fused-ring (bicyclic) bond motifs is 6. The Kier molecular flexibility index (Phi) is 31.7. The van der Waals surface area contributed by atoms with Crippen molar-refractivity contribution in [2.45, 2.75) is 35.5 Å². The molecule has 4 aromatic heterocycles. The number of anilines is 6. The topological polar surface area (TPSA) is 469 Å². The minimum atomic E-state index is -1.59. The molecule has 6 atom stereocenters. The Morgan fingerprint density at radius 2 is 0.455 bits per heavy atom. The van der Waals surface area contributed by atoms with Crippen LogP contribution in [0.1, 0.15) is 68.9 Å². The molecule has 145 heavy (non-hydrogen) atoms. The van der Waals surface area contributed by atoms with E-state index in [0.29, 0.717) is 94.7 Å². The third kappa shape index (κ3) is 23.8. The van der Waals surface area contributed by atoms with Gasteiger partial charge in [0.2, 0.25) is 35.4 Å². The van der Waals surface area contributed by atoms with Crippen LogP contribution in [0.25, 0.3) is 64.6 Å². The van der Waals surface area contributed by atoms with Gasteiger partial charge in [0, 0.05) is 145 Å². The number of nitrogens with zero attached hydrogens (tertiary/aromatic N) is 4. The second-order valence-corrected chi connectivity index (χ2v) is 35.3. The van der Waals surface area contributed by atoms with Crippen LogP contribution in [-0.4, -0.2) is 147 Å². The van der Waals surface area contributed by atoms with Crippen LogP contribution >= 0.6 is 0 Å². The van der Waals surface area contributed by atoms with E-state index in [-0.39, 0.29) is 74.7 Å². The van der Waals surface area contributed by atoms with Crippen molar-refractivity contribution in [2.75, 3.05) is 71.2 Å². The average molecular weight is 1920 g/mol. The molecule has 1 fully saturated rings. The van der Waals surface area contributed by atoms with Crippen molar-refractivity contribution in [3.63, 3.8) is 0 Å². The minimum absolute atomic E-state index is 0.0146. The van der Waals surface area contributed by atoms with Crippen molar-refractivity contribution in [1.29, 1.82) is 0 Å². The molecule has 35 heteroatoms. The summed E-state index contributed by atoms with van der Waals surface area (Å²) in [5.41, 5.74) is 48.0. The van der Waals surface area contributed by atoms with Gasteiger partial charge in [-0.3, -0.25) is 48.7 Å². The van der Waals surface area contributed by atoms with Crippen LogP contribution in [-0.2, 0) is 51.6 Å². The van der Waals surface area contributed by atoms with Crippen LogP contribution in [0.15, 0.2) is 377 Å². The monoisotopic (exact) mass is 1920 g/mol. The molecule has 1 aliphatic rings. The molecule has 0 radical (unpaired) electrons. The maximum Gasteiger partial charge on any atom is 0.477 e. The quantitative estimate of drug-likeness (QED) is 0.0167. The molecule has 29 nitrogen and oxygen atoms in total. The van der Waals surface area contributed by atoms with Crippen molar-refractivity contribution < 1.29 is 61.7 Å². The zero-order valence-corrected chi connectivity index (χ0v) is 78.6. The molecule has 6 amide bonds. The highest BCUT2D eigenvalue weighted by molar-refractivity contribution is 6.87. The Balaban J connectivity index is 0.000000191. The van der Waals surface area contributed by atoms with E-state index in [0.717, 1.165) is 70.2 Å². The minimum Gasteiger partial charge on any atom is -0.445 e. The number of benzene rings is 14. The second-order valence-electron chi connectivity index (χ2n) is 35.3. The van der Waals surface area contributed by atoms with E-state index < -0.39 is 78.2 Å². The van der Waals surface area contributed by atoms with E-state index in [9.17, 15) is 38.8 Å². The van der Waals surface area contributed by atoms with Crippen molar-refractivity contribution in [3.8, 4) is 0 Å². The molecular weight excluding hydrogens is 1820 g/mol. The van der Waals surface area contributed by atoms with Gasteiger partial charge in [-0.1, -0.05) is 231 Å². The summed E-state index contributed by atoms with van der Waals surface area (Å²) >= 11 is 0. The van der Waals surface area contributed by atoms with Crippen LogP contribution in [0.3, 0.4) is 0 Å². The molecule has 14 aromatic carbocycles. The highest BCUT2D eigenvalue weighted by Crippen LogP contribution is 2.31. The van der Waals surface area contributed by atoms with Gasteiger partial charge in [-0.15, -0.1) is 0 Å². The van der Waals surface area contributed by atoms with Crippen molar-refractivity contribution >= 4 is 210 Å². The summed E-state index contributed by atoms with van der Waals surface area (Å²) in [6, 6.07) is 99.4. The van der Waals surface area contributed by atoms with E-state index in [1.807, 2.05) is 243 Å². The number of hydrogen-bond acceptors (Lipinski definition) is 23. The summed E-state index contributed by atoms with van der Waals surface area (Å²) in [7, 11) is -7.32. The van der Waals surface area contributed by atoms with Gasteiger partial charge in [-0.2, -0.15) is 0 Å². The van der Waals surface area contributed by atoms with Gasteiger partial charge < -0.3 is 99.2 Å². The lowest BCUT2D eigenvalue weighted by molar-refractivity contribution is -0.118. The number of carbonyl (C=O) groups excluding carboxylic acids is 6. The van der Waals surface area contributed by atoms with Gasteiger partial charge in [0.15, 0.2) is 0 Å². The molecule has 6 unspecified atom stereocenters. The number of hydrogen-bond donors (Lipinski definition) is 14. The van der Waals surface area contributed by atoms with E-state index in [1.165, 1.54) is 0 Å². The maximum atomic E-state index is 13.6. The molecule has 0 bridgehead atoms. The fraction of sp³-hybridized carbons (Fsp3) is 0.109. The van der Waals surface area contributed by atoms with Gasteiger partial charge >= 0.3 is 42.7 Å². The summed E-state index contributed by atoms with van der Waals surface area (Å²) < 4.78 is 32.0. The Morgan fingerprint density at radius 1 is 0.255 bits per heavy atom. The van der Waals surface area contributed by atoms with Crippen molar-refractivity contribution in [3.05, 3.63) is 411 Å². The fourth-order valence-corrected chi connectivity index (χ4v) is 17.7. The van der Waals surface area contributed by atoms with Gasteiger partial charge in [-0.25, -0.2) is 0 Å². The zero-order chi connectivity index (χ0) is 100. The SMILES string of the molecule is NCC(C(=O)Nc1ccc2ccccc2c1)c1ccc(B(OB(O)c2ccc(C(CN)C(=O)Nc3ccc4cnccc4c3)cc2)OB(O)c2ccc(C(CN)C(=O)Nc3ccc4cnccc4c3)cc2)cc1.NCC(C(=O)Nc1ccc2ccccc2c1)c1ccc(B2OB(c3ccc(C(CN)C(=O)Nc4ccc5cnccc5c4)cc3)OB(c3ccc(C(CN)C(=O)Nc4ccc5cnccc5c4)cc3)O2)cc1. The molecule has 1 aliphatic heterocycles. The lowest BCUT2D eigenvalue weighted by atomic mass is 9.61. The molecule has 0 aliphatic carbocycles. The van der Waals surface area contributed by atoms with E-state index in [1.54, 1.807) is 135 Å². The number of nitrogens with two attached hydrogens (primary N) is 6. The third-order valence-corrected chi connectivity index (χ3v) is 25.9. The number of nitrogens with one attached hydrogen (secondary N) is 6. The van der Waals surface area contributed by atoms with Crippen molar-refractivity contribution in [2.24, 2.45) is 34.4 Å². The lowest BCUT2D eigenvalue weighted by Gasteiger charge is -2.32. The highest BCUT2D eigenvalue weighted by atomic mass is 16.7. The molecule has 18 aromatic rings. The maximum absolute atomic E-state index is 13.6. The largest absolute Gasteiger partial charge is 0.477 e. The predicted octanol–water partition coefficient (Wildman–Crippen LogP) is 10.0. The first-order valence-corrected chi connectivity index (χ1v) is 47.4. The first kappa shape index (κ1) is 99.1. The van der Waals surface area contributed by atoms with E-state index in [4.69, 9.17) is 57.3 Å². The van der Waals surface area contributed by atoms with Crippen LogP contribution in [0.4, 0.5) is 34.1 Å². The number of aromatic nitrogens is 4. The van der Waals surface area contributed by atoms with Gasteiger partial charge in [0.05, 0.1) is 35.5 Å². The standard InChI is InChI=1S/C55H51B3N8O7.C55H49B3N8O6/c59-30-50(53(67)65-48-21-12-42-33-62-25-23-40(42)28-48)36-5-14-44(15-6-36)56(70)72-58(46-18-9-38(10-19-46)52(32-61)55(69)64-47-20-11-35-3-1-2-4-39(35)27-47)73-57(71)45-16-7-37(8-17-45)51(31-60)54(68)66-49-22-13-43-34-63-26-24-41(43)29-49;59-30-50(53(67)64-47-20-11-35-3-1-2-4-39(35)27-47)36-5-14-44(15-6-36)56-70-57(45-16-7-37(8-17-45)51(31-60)54(68)65-48-21-12-42-33-62-25-23-40(42)28-48)72-58(71-56)46-18-9-38(10-19-46)52(32-61)55(69)66-49-22-13-43-34-63-26-24-41(43)29-49/h1-29,33-34,50-52,70-71H,30-32,59-61H2,(H,64,69)(H,65,67)(H,66,68);1-29,33-34,50-52H,30-32,59-61H2,(H,64,67)(H,65,68)(H,66,69). The summed E-state index contributed by atoms with van der Waals surface area (Å²) in [4.78, 5) is 98.2. The smallest absolute Gasteiger partial charge is 0.445 e. The molecular formula is C110H100B6N16O13. The fourth-order valence-electron chi connectivity index (χ4n) is 17.7. The molecule has 5 heterocycles. The Morgan fingerprint density at radius 3 is 0.683 bits per heavy atom. The number of pyridine rings is 4. The predicted molar refractivity (Wildman–Crippen MR) is 578 cm³/mol. The second kappa shape index (κ2) is 46.3. The van der Waals surface area contributed by atoms with Gasteiger partial charge in [-0.05, 0) is 206 Å². The van der Waals surface area contributed by atoms with Gasteiger partial charge in [0.1, 0.15) is 0 Å². The normalized spacial score (nSPS) is 13.2. The Hall–Kier alpha value is -16.1.